The number of nitrogens with zero attached hydrogens (tertiary/aromatic N) is 5. The first kappa shape index (κ1) is 26.0. The lowest BCUT2D eigenvalue weighted by Gasteiger charge is -2.05. The molecular formula is C31H26ClN5O2S. The van der Waals surface area contributed by atoms with Crippen molar-refractivity contribution < 1.29 is 4.74 Å². The fraction of sp³-hybridized carbons (Fsp3) is 0.161. The van der Waals surface area contributed by atoms with Crippen LogP contribution in [-0.2, 0) is 0 Å². The zero-order chi connectivity index (χ0) is 27.5. The summed E-state index contributed by atoms with van der Waals surface area (Å²) in [6.45, 7) is 2.87. The molecular weight excluding hydrogens is 542 g/mol. The summed E-state index contributed by atoms with van der Waals surface area (Å²) in [4.78, 5) is 18.5. The van der Waals surface area contributed by atoms with E-state index in [1.54, 1.807) is 0 Å². The monoisotopic (exact) mass is 567 g/mol. The molecule has 0 N–H and O–H groups in total. The van der Waals surface area contributed by atoms with Crippen molar-refractivity contribution in [2.24, 2.45) is 0 Å². The molecule has 3 heterocycles. The van der Waals surface area contributed by atoms with Crippen molar-refractivity contribution >= 4 is 34.0 Å². The summed E-state index contributed by atoms with van der Waals surface area (Å²) in [5.41, 5.74) is 3.99. The number of benzene rings is 3. The zero-order valence-electron chi connectivity index (χ0n) is 21.8. The average Bonchev–Trinajstić information content (AvgIpc) is 3.67. The minimum Gasteiger partial charge on any atom is -0.494 e. The van der Waals surface area contributed by atoms with E-state index in [1.165, 1.54) is 15.9 Å². The van der Waals surface area contributed by atoms with Crippen LogP contribution in [0, 0.1) is 0 Å². The van der Waals surface area contributed by atoms with Crippen LogP contribution in [0.1, 0.15) is 31.7 Å². The average molecular weight is 568 g/mol. The van der Waals surface area contributed by atoms with Gasteiger partial charge in [-0.3, -0.25) is 4.79 Å². The van der Waals surface area contributed by atoms with E-state index in [1.807, 2.05) is 95.8 Å². The second kappa shape index (κ2) is 11.5. The Labute approximate surface area is 240 Å². The van der Waals surface area contributed by atoms with Crippen molar-refractivity contribution in [3.63, 3.8) is 0 Å². The highest BCUT2D eigenvalue weighted by atomic mass is 35.5. The molecule has 0 radical (unpaired) electrons. The van der Waals surface area contributed by atoms with Gasteiger partial charge in [0.2, 0.25) is 4.96 Å². The number of unbranched alkanes of at least 4 members (excludes halogenated alkanes) is 2. The van der Waals surface area contributed by atoms with Crippen molar-refractivity contribution in [2.75, 3.05) is 6.61 Å². The first-order valence-electron chi connectivity index (χ1n) is 13.1. The number of thiazole rings is 1. The van der Waals surface area contributed by atoms with E-state index in [-0.39, 0.29) is 5.56 Å². The topological polar surface area (TPSA) is 74.3 Å². The van der Waals surface area contributed by atoms with E-state index in [4.69, 9.17) is 21.4 Å². The predicted octanol–water partition coefficient (Wildman–Crippen LogP) is 6.44. The van der Waals surface area contributed by atoms with Crippen LogP contribution < -0.4 is 14.8 Å². The number of hydrogen-bond donors (Lipinski definition) is 0. The highest BCUT2D eigenvalue weighted by Gasteiger charge is 2.15. The van der Waals surface area contributed by atoms with Crippen molar-refractivity contribution in [3.8, 4) is 34.1 Å². The summed E-state index contributed by atoms with van der Waals surface area (Å²) in [6.07, 6.45) is 7.13. The third-order valence-corrected chi connectivity index (χ3v) is 7.69. The van der Waals surface area contributed by atoms with E-state index >= 15 is 0 Å². The summed E-state index contributed by atoms with van der Waals surface area (Å²) >= 11 is 7.43. The second-order valence-corrected chi connectivity index (χ2v) is 10.8. The highest BCUT2D eigenvalue weighted by Crippen LogP contribution is 2.26. The van der Waals surface area contributed by atoms with Crippen molar-refractivity contribution in [1.82, 2.24) is 24.4 Å². The van der Waals surface area contributed by atoms with Gasteiger partial charge in [0.1, 0.15) is 11.4 Å². The number of fused-ring (bicyclic) bond motifs is 1. The molecule has 6 rings (SSSR count). The molecule has 200 valence electrons. The minimum absolute atomic E-state index is 0.218. The van der Waals surface area contributed by atoms with E-state index in [0.717, 1.165) is 53.1 Å². The van der Waals surface area contributed by atoms with Crippen LogP contribution in [-0.4, -0.2) is 31.0 Å². The summed E-state index contributed by atoms with van der Waals surface area (Å²) < 4.78 is 9.51. The van der Waals surface area contributed by atoms with Crippen LogP contribution in [0.3, 0.4) is 0 Å². The Morgan fingerprint density at radius 3 is 2.40 bits per heavy atom. The molecule has 40 heavy (non-hydrogen) atoms. The van der Waals surface area contributed by atoms with Crippen molar-refractivity contribution in [1.29, 1.82) is 0 Å². The summed E-state index contributed by atoms with van der Waals surface area (Å²) in [5.74, 6) is 1.32. The second-order valence-electron chi connectivity index (χ2n) is 9.35. The van der Waals surface area contributed by atoms with Gasteiger partial charge in [-0.2, -0.15) is 14.6 Å². The molecule has 3 aromatic heterocycles. The SMILES string of the molecule is CCCCCOc1ccc(-c2nc3s/c(=C\c4cn(-c5ccccc5)nc4-c4ccc(Cl)cc4)c(=O)n3n2)cc1. The first-order chi connectivity index (χ1) is 19.6. The smallest absolute Gasteiger partial charge is 0.291 e. The molecule has 3 aromatic carbocycles. The van der Waals surface area contributed by atoms with Gasteiger partial charge in [-0.15, -0.1) is 5.10 Å². The van der Waals surface area contributed by atoms with Gasteiger partial charge in [0.05, 0.1) is 16.8 Å². The Kier molecular flexibility index (Phi) is 7.44. The zero-order valence-corrected chi connectivity index (χ0v) is 23.4. The molecule has 0 saturated carbocycles. The molecule has 0 amide bonds. The summed E-state index contributed by atoms with van der Waals surface area (Å²) in [6, 6.07) is 25.0. The molecule has 6 aromatic rings. The maximum absolute atomic E-state index is 13.3. The van der Waals surface area contributed by atoms with Gasteiger partial charge in [0, 0.05) is 27.9 Å². The molecule has 0 spiro atoms. The maximum atomic E-state index is 13.3. The van der Waals surface area contributed by atoms with Gasteiger partial charge in [-0.05, 0) is 61.0 Å². The van der Waals surface area contributed by atoms with Gasteiger partial charge >= 0.3 is 0 Å². The van der Waals surface area contributed by atoms with E-state index in [2.05, 4.69) is 17.0 Å². The Balaban J connectivity index is 1.33. The quantitative estimate of drug-likeness (QED) is 0.188. The van der Waals surface area contributed by atoms with Gasteiger partial charge in [0.25, 0.3) is 5.56 Å². The minimum atomic E-state index is -0.218. The number of hydrogen-bond acceptors (Lipinski definition) is 6. The Hall–Kier alpha value is -4.27. The number of ether oxygens (including phenoxy) is 1. The standard InChI is InChI=1S/C31H26ClN5O2S/c1-2-3-7-18-39-26-16-12-22(13-17-26)29-33-31-37(35-29)30(38)27(40-31)19-23-20-36(25-8-5-4-6-9-25)34-28(23)21-10-14-24(32)15-11-21/h4-6,8-17,19-20H,2-3,7,18H2,1H3/b27-19-. The maximum Gasteiger partial charge on any atom is 0.291 e. The molecule has 0 aliphatic carbocycles. The lowest BCUT2D eigenvalue weighted by Crippen LogP contribution is -2.23. The Morgan fingerprint density at radius 2 is 1.68 bits per heavy atom. The van der Waals surface area contributed by atoms with E-state index in [0.29, 0.717) is 26.9 Å². The predicted molar refractivity (Wildman–Crippen MR) is 160 cm³/mol. The normalized spacial score (nSPS) is 11.9. The lowest BCUT2D eigenvalue weighted by molar-refractivity contribution is 0.306. The molecule has 0 fully saturated rings. The van der Waals surface area contributed by atoms with Crippen LogP contribution >= 0.6 is 22.9 Å². The van der Waals surface area contributed by atoms with E-state index in [9.17, 15) is 4.79 Å². The molecule has 0 bridgehead atoms. The fourth-order valence-corrected chi connectivity index (χ4v) is 5.40. The van der Waals surface area contributed by atoms with Crippen LogP contribution in [0.15, 0.2) is 89.9 Å². The molecule has 0 atom stereocenters. The number of rotatable bonds is 9. The first-order valence-corrected chi connectivity index (χ1v) is 14.3. The summed E-state index contributed by atoms with van der Waals surface area (Å²) in [5, 5.41) is 9.99. The number of halogens is 1. The lowest BCUT2D eigenvalue weighted by atomic mass is 10.1. The van der Waals surface area contributed by atoms with Crippen molar-refractivity contribution in [3.05, 3.63) is 111 Å². The molecule has 0 unspecified atom stereocenters. The van der Waals surface area contributed by atoms with Gasteiger partial charge in [-0.1, -0.05) is 73.0 Å². The number of para-hydroxylation sites is 1. The summed E-state index contributed by atoms with van der Waals surface area (Å²) in [7, 11) is 0. The Morgan fingerprint density at radius 1 is 0.925 bits per heavy atom. The fourth-order valence-electron chi connectivity index (χ4n) is 4.38. The molecule has 9 heteroatoms. The Bertz CT molecular complexity index is 1860. The van der Waals surface area contributed by atoms with Crippen LogP contribution in [0.5, 0.6) is 5.75 Å². The van der Waals surface area contributed by atoms with Crippen LogP contribution in [0.4, 0.5) is 0 Å². The van der Waals surface area contributed by atoms with Crippen molar-refractivity contribution in [2.45, 2.75) is 26.2 Å². The van der Waals surface area contributed by atoms with Crippen LogP contribution in [0.2, 0.25) is 5.02 Å². The molecule has 0 aliphatic heterocycles. The van der Waals surface area contributed by atoms with Gasteiger partial charge in [-0.25, -0.2) is 4.68 Å². The molecule has 0 aliphatic rings. The largest absolute Gasteiger partial charge is 0.494 e. The van der Waals surface area contributed by atoms with Gasteiger partial charge in [0.15, 0.2) is 5.82 Å². The van der Waals surface area contributed by atoms with Crippen LogP contribution in [0.25, 0.3) is 39.4 Å². The van der Waals surface area contributed by atoms with Gasteiger partial charge < -0.3 is 4.74 Å². The number of aromatic nitrogens is 5. The highest BCUT2D eigenvalue weighted by molar-refractivity contribution is 7.15. The third-order valence-electron chi connectivity index (χ3n) is 6.48. The molecule has 0 saturated heterocycles. The molecule has 7 nitrogen and oxygen atoms in total. The third kappa shape index (κ3) is 5.41. The van der Waals surface area contributed by atoms with E-state index < -0.39 is 0 Å².